The molecular weight excluding hydrogens is 420 g/mol. The van der Waals surface area contributed by atoms with E-state index in [-0.39, 0.29) is 0 Å². The largest absolute Gasteiger partial charge is 0.480 e. The first-order chi connectivity index (χ1) is 15.7. The van der Waals surface area contributed by atoms with Crippen LogP contribution in [-0.4, -0.2) is 32.1 Å². The van der Waals surface area contributed by atoms with Gasteiger partial charge in [-0.2, -0.15) is 0 Å². The summed E-state index contributed by atoms with van der Waals surface area (Å²) in [7, 11) is 0. The second-order valence-electron chi connectivity index (χ2n) is 7.63. The van der Waals surface area contributed by atoms with E-state index in [1.807, 2.05) is 42.6 Å². The van der Waals surface area contributed by atoms with Gasteiger partial charge in [-0.15, -0.1) is 11.3 Å². The zero-order valence-electron chi connectivity index (χ0n) is 17.5. The molecule has 3 N–H and O–H groups in total. The minimum atomic E-state index is -0.916. The van der Waals surface area contributed by atoms with Crippen LogP contribution >= 0.6 is 11.3 Å². The molecular formula is C25H22N4O2S. The molecule has 0 aliphatic rings. The summed E-state index contributed by atoms with van der Waals surface area (Å²) >= 11 is 1.63. The van der Waals surface area contributed by atoms with Crippen molar-refractivity contribution in [2.45, 2.75) is 25.8 Å². The van der Waals surface area contributed by atoms with E-state index in [9.17, 15) is 9.90 Å². The fourth-order valence-corrected chi connectivity index (χ4v) is 5.23. The predicted octanol–water partition coefficient (Wildman–Crippen LogP) is 5.51. The highest BCUT2D eigenvalue weighted by Gasteiger charge is 2.24. The van der Waals surface area contributed by atoms with E-state index >= 15 is 0 Å². The Kier molecular flexibility index (Phi) is 5.33. The van der Waals surface area contributed by atoms with Crippen molar-refractivity contribution < 1.29 is 9.90 Å². The molecule has 5 rings (SSSR count). The average Bonchev–Trinajstić information content (AvgIpc) is 3.44. The van der Waals surface area contributed by atoms with Gasteiger partial charge in [-0.1, -0.05) is 49.4 Å². The molecule has 0 amide bonds. The van der Waals surface area contributed by atoms with Crippen LogP contribution in [0.3, 0.4) is 0 Å². The number of aromatic nitrogens is 3. The fraction of sp³-hybridized carbons (Fsp3) is 0.160. The van der Waals surface area contributed by atoms with Gasteiger partial charge in [0.2, 0.25) is 0 Å². The van der Waals surface area contributed by atoms with Crippen LogP contribution in [0.15, 0.2) is 67.1 Å². The number of H-pyrrole nitrogens is 1. The lowest BCUT2D eigenvalue weighted by Crippen LogP contribution is -2.32. The summed E-state index contributed by atoms with van der Waals surface area (Å²) in [5.41, 5.74) is 4.18. The van der Waals surface area contributed by atoms with Gasteiger partial charge in [-0.25, -0.2) is 14.8 Å². The molecule has 7 heteroatoms. The first kappa shape index (κ1) is 20.2. The van der Waals surface area contributed by atoms with Crippen molar-refractivity contribution in [2.75, 3.05) is 5.32 Å². The molecule has 0 fully saturated rings. The van der Waals surface area contributed by atoms with Crippen molar-refractivity contribution in [3.05, 3.63) is 77.6 Å². The first-order valence-corrected chi connectivity index (χ1v) is 11.3. The van der Waals surface area contributed by atoms with Gasteiger partial charge < -0.3 is 15.4 Å². The minimum Gasteiger partial charge on any atom is -0.480 e. The Hall–Kier alpha value is -3.71. The predicted molar refractivity (Wildman–Crippen MR) is 129 cm³/mol. The molecule has 5 aromatic rings. The molecule has 32 heavy (non-hydrogen) atoms. The minimum absolute atomic E-state index is 0.356. The fourth-order valence-electron chi connectivity index (χ4n) is 4.14. The maximum atomic E-state index is 12.1. The van der Waals surface area contributed by atoms with Crippen LogP contribution in [0.2, 0.25) is 0 Å². The molecule has 0 saturated carbocycles. The van der Waals surface area contributed by atoms with Crippen molar-refractivity contribution in [3.8, 4) is 11.1 Å². The Morgan fingerprint density at radius 1 is 1.12 bits per heavy atom. The molecule has 1 atom stereocenters. The molecule has 0 unspecified atom stereocenters. The zero-order valence-corrected chi connectivity index (χ0v) is 18.3. The molecule has 3 aromatic heterocycles. The molecule has 0 spiro atoms. The van der Waals surface area contributed by atoms with E-state index in [0.29, 0.717) is 12.2 Å². The maximum absolute atomic E-state index is 12.1. The van der Waals surface area contributed by atoms with Gasteiger partial charge >= 0.3 is 5.97 Å². The number of hydrogen-bond donors (Lipinski definition) is 3. The quantitative estimate of drug-likeness (QED) is 0.309. The highest BCUT2D eigenvalue weighted by atomic mass is 32.1. The standard InChI is InChI=1S/C25H22N4O2S/c1-2-20-21(17-9-6-10-18-16(17)11-12-26-18)22-23(27-14-28-24(22)32-20)29-19(25(30)31)13-15-7-4-3-5-8-15/h3-12,14,19,26H,2,13H2,1H3,(H,30,31)(H,27,28,29)/t19-/m1/s1. The number of benzene rings is 2. The Balaban J connectivity index is 1.65. The molecule has 0 radical (unpaired) electrons. The Morgan fingerprint density at radius 3 is 2.75 bits per heavy atom. The van der Waals surface area contributed by atoms with Crippen LogP contribution < -0.4 is 5.32 Å². The van der Waals surface area contributed by atoms with E-state index in [0.717, 1.165) is 44.2 Å². The van der Waals surface area contributed by atoms with Crippen molar-refractivity contribution in [2.24, 2.45) is 0 Å². The second kappa shape index (κ2) is 8.43. The SMILES string of the molecule is CCc1sc2ncnc(N[C@H](Cc3ccccc3)C(=O)O)c2c1-c1cccc2[nH]ccc12. The summed E-state index contributed by atoms with van der Waals surface area (Å²) in [5.74, 6) is -0.363. The number of rotatable bonds is 7. The average molecular weight is 443 g/mol. The number of aliphatic carboxylic acids is 1. The second-order valence-corrected chi connectivity index (χ2v) is 8.71. The lowest BCUT2D eigenvalue weighted by atomic mass is 9.98. The lowest BCUT2D eigenvalue weighted by Gasteiger charge is -2.16. The number of nitrogens with one attached hydrogen (secondary N) is 2. The number of carbonyl (C=O) groups is 1. The number of carboxylic acids is 1. The van der Waals surface area contributed by atoms with Crippen LogP contribution in [0.1, 0.15) is 17.4 Å². The van der Waals surface area contributed by atoms with Gasteiger partial charge in [-0.3, -0.25) is 0 Å². The normalized spacial score (nSPS) is 12.3. The van der Waals surface area contributed by atoms with Crippen LogP contribution in [0, 0.1) is 0 Å². The summed E-state index contributed by atoms with van der Waals surface area (Å²) < 4.78 is 0. The summed E-state index contributed by atoms with van der Waals surface area (Å²) in [5, 5.41) is 15.1. The molecule has 0 aliphatic heterocycles. The van der Waals surface area contributed by atoms with E-state index in [4.69, 9.17) is 0 Å². The maximum Gasteiger partial charge on any atom is 0.326 e. The van der Waals surface area contributed by atoms with Crippen LogP contribution in [0.25, 0.3) is 32.2 Å². The number of thiophene rings is 1. The molecule has 6 nitrogen and oxygen atoms in total. The summed E-state index contributed by atoms with van der Waals surface area (Å²) in [6, 6.07) is 17.1. The van der Waals surface area contributed by atoms with Gasteiger partial charge in [0.25, 0.3) is 0 Å². The van der Waals surface area contributed by atoms with Crippen molar-refractivity contribution in [1.82, 2.24) is 15.0 Å². The molecule has 160 valence electrons. The number of anilines is 1. The van der Waals surface area contributed by atoms with E-state index in [1.165, 1.54) is 11.2 Å². The third-order valence-corrected chi connectivity index (χ3v) is 6.88. The van der Waals surface area contributed by atoms with Gasteiger partial charge in [0.1, 0.15) is 23.0 Å². The lowest BCUT2D eigenvalue weighted by molar-refractivity contribution is -0.137. The summed E-state index contributed by atoms with van der Waals surface area (Å²) in [4.78, 5) is 26.4. The van der Waals surface area contributed by atoms with Gasteiger partial charge in [0.05, 0.1) is 5.39 Å². The van der Waals surface area contributed by atoms with Crippen molar-refractivity contribution in [1.29, 1.82) is 0 Å². The zero-order chi connectivity index (χ0) is 22.1. The summed E-state index contributed by atoms with van der Waals surface area (Å²) in [6.07, 6.45) is 4.64. The van der Waals surface area contributed by atoms with Crippen LogP contribution in [0.5, 0.6) is 0 Å². The number of hydrogen-bond acceptors (Lipinski definition) is 5. The third kappa shape index (κ3) is 3.61. The highest BCUT2D eigenvalue weighted by molar-refractivity contribution is 7.19. The summed E-state index contributed by atoms with van der Waals surface area (Å²) in [6.45, 7) is 2.13. The Bertz CT molecular complexity index is 1410. The number of aromatic amines is 1. The van der Waals surface area contributed by atoms with E-state index in [1.54, 1.807) is 11.3 Å². The Morgan fingerprint density at radius 2 is 1.97 bits per heavy atom. The monoisotopic (exact) mass is 442 g/mol. The molecule has 2 aromatic carbocycles. The third-order valence-electron chi connectivity index (χ3n) is 5.64. The van der Waals surface area contributed by atoms with Crippen LogP contribution in [0.4, 0.5) is 5.82 Å². The van der Waals surface area contributed by atoms with Crippen molar-refractivity contribution in [3.63, 3.8) is 0 Å². The number of carboxylic acid groups (broad SMARTS) is 1. The molecule has 0 saturated heterocycles. The van der Waals surface area contributed by atoms with E-state index < -0.39 is 12.0 Å². The van der Waals surface area contributed by atoms with Gasteiger partial charge in [0, 0.05) is 34.0 Å². The molecule has 3 heterocycles. The topological polar surface area (TPSA) is 90.9 Å². The Labute approximate surface area is 189 Å². The van der Waals surface area contributed by atoms with E-state index in [2.05, 4.69) is 45.4 Å². The molecule has 0 aliphatic carbocycles. The smallest absolute Gasteiger partial charge is 0.326 e. The van der Waals surface area contributed by atoms with Gasteiger partial charge in [0.15, 0.2) is 0 Å². The number of fused-ring (bicyclic) bond motifs is 2. The number of aryl methyl sites for hydroxylation is 1. The number of nitrogens with zero attached hydrogens (tertiary/aromatic N) is 2. The van der Waals surface area contributed by atoms with Gasteiger partial charge in [-0.05, 0) is 29.7 Å². The van der Waals surface area contributed by atoms with Crippen molar-refractivity contribution >= 4 is 44.2 Å². The van der Waals surface area contributed by atoms with Crippen LogP contribution in [-0.2, 0) is 17.6 Å². The molecule has 0 bridgehead atoms. The first-order valence-electron chi connectivity index (χ1n) is 10.5. The highest BCUT2D eigenvalue weighted by Crippen LogP contribution is 2.43.